The Morgan fingerprint density at radius 2 is 0.729 bits per heavy atom. The highest BCUT2D eigenvalue weighted by Gasteiger charge is 2.42. The molecular weight excluding hydrogens is 1490 g/mol. The van der Waals surface area contributed by atoms with E-state index >= 15 is 0 Å². The highest BCUT2D eigenvalue weighted by Crippen LogP contribution is 2.40. The molecule has 0 bridgehead atoms. The van der Waals surface area contributed by atoms with E-state index < -0.39 is 12.2 Å². The molecule has 2 amide bonds. The van der Waals surface area contributed by atoms with E-state index in [0.717, 1.165) is 160 Å². The number of phenolic OH excluding ortho intramolecular Hbond substituents is 6. The zero-order chi connectivity index (χ0) is 84.5. The van der Waals surface area contributed by atoms with Crippen molar-refractivity contribution in [2.75, 3.05) is 16.4 Å². The van der Waals surface area contributed by atoms with Crippen LogP contribution in [0.25, 0.3) is 45.3 Å². The third-order valence-electron chi connectivity index (χ3n) is 19.8. The minimum absolute atomic E-state index is 0.0276. The van der Waals surface area contributed by atoms with Gasteiger partial charge < -0.3 is 45.8 Å². The Labute approximate surface area is 686 Å². The van der Waals surface area contributed by atoms with Crippen molar-refractivity contribution in [3.8, 4) is 79.8 Å². The van der Waals surface area contributed by atoms with Gasteiger partial charge in [-0.2, -0.15) is 19.8 Å². The Kier molecular flexibility index (Phi) is 33.3. The van der Waals surface area contributed by atoms with Crippen LogP contribution >= 0.6 is 0 Å². The topological polar surface area (TPSA) is 408 Å². The molecular formula is C93H99N13O12. The number of hydrogen-bond donors (Lipinski definition) is 9. The summed E-state index contributed by atoms with van der Waals surface area (Å²) >= 11 is 0. The fourth-order valence-corrected chi connectivity index (χ4v) is 14.6. The highest BCUT2D eigenvalue weighted by molar-refractivity contribution is 6.12. The van der Waals surface area contributed by atoms with Crippen LogP contribution in [-0.4, -0.2) is 103 Å². The number of nitrogens with one attached hydrogen (secondary N) is 2. The van der Waals surface area contributed by atoms with Crippen LogP contribution in [0.3, 0.4) is 0 Å². The lowest BCUT2D eigenvalue weighted by molar-refractivity contribution is -0.191. The van der Waals surface area contributed by atoms with Crippen molar-refractivity contribution in [3.63, 3.8) is 0 Å². The molecule has 10 N–H and O–H groups in total. The molecule has 15 rings (SSSR count). The second-order valence-electron chi connectivity index (χ2n) is 29.3. The Balaban J connectivity index is 0.000000175. The molecule has 1 fully saturated rings. The lowest BCUT2D eigenvalue weighted by Gasteiger charge is -2.38. The summed E-state index contributed by atoms with van der Waals surface area (Å²) in [5.74, 6) is 1.75. The molecule has 4 unspecified atom stereocenters. The molecule has 1 aliphatic heterocycles. The van der Waals surface area contributed by atoms with Crippen molar-refractivity contribution in [1.82, 2.24) is 30.6 Å². The number of hydrogen-bond acceptors (Lipinski definition) is 23. The quantitative estimate of drug-likeness (QED) is 0.0349. The van der Waals surface area contributed by atoms with Crippen molar-refractivity contribution in [2.45, 2.75) is 156 Å². The number of allylic oxidation sites excluding steroid dienone is 1. The first kappa shape index (κ1) is 88.0. The van der Waals surface area contributed by atoms with Crippen LogP contribution in [0.2, 0.25) is 0 Å². The summed E-state index contributed by atoms with van der Waals surface area (Å²) < 4.78 is 11.7. The normalized spacial score (nSPS) is 16.1. The van der Waals surface area contributed by atoms with Gasteiger partial charge in [0, 0.05) is 61.9 Å². The van der Waals surface area contributed by atoms with Gasteiger partial charge in [0.1, 0.15) is 46.7 Å². The third-order valence-corrected chi connectivity index (χ3v) is 19.8. The van der Waals surface area contributed by atoms with Gasteiger partial charge in [-0.15, -0.1) is 30.6 Å². The molecule has 118 heavy (non-hydrogen) atoms. The molecule has 11 aromatic rings. The number of carbonyl (C=O) groups excluding carboxylic acids is 4. The van der Waals surface area contributed by atoms with E-state index in [1.54, 1.807) is 97.1 Å². The number of nitrogens with zero attached hydrogens (tertiary/aromatic N) is 10. The maximum Gasteiger partial charge on any atom is 0.412 e. The van der Waals surface area contributed by atoms with Gasteiger partial charge in [0.2, 0.25) is 11.6 Å². The number of nitrogens with two attached hydrogens (primary N) is 1. The molecule has 0 radical (unpaired) electrons. The van der Waals surface area contributed by atoms with Gasteiger partial charge in [-0.05, 0) is 356 Å². The van der Waals surface area contributed by atoms with Crippen molar-refractivity contribution in [3.05, 3.63) is 268 Å². The first-order valence-corrected chi connectivity index (χ1v) is 39.2. The van der Waals surface area contributed by atoms with E-state index in [1.165, 1.54) is 47.9 Å². The molecule has 25 heteroatoms. The summed E-state index contributed by atoms with van der Waals surface area (Å²) in [5, 5.41) is 110. The van der Waals surface area contributed by atoms with Gasteiger partial charge in [0.15, 0.2) is 0 Å². The van der Waals surface area contributed by atoms with Crippen LogP contribution in [0.5, 0.6) is 34.5 Å². The summed E-state index contributed by atoms with van der Waals surface area (Å²) in [6.45, 7) is 12.1. The van der Waals surface area contributed by atoms with Crippen LogP contribution < -0.4 is 16.4 Å². The highest BCUT2D eigenvalue weighted by atomic mass is 16.6. The van der Waals surface area contributed by atoms with E-state index in [1.807, 2.05) is 133 Å². The number of amides is 2. The Morgan fingerprint density at radius 3 is 1.14 bits per heavy atom. The lowest BCUT2D eigenvalue weighted by atomic mass is 9.71. The van der Waals surface area contributed by atoms with Crippen LogP contribution in [0, 0.1) is 64.2 Å². The molecule has 4 atom stereocenters. The van der Waals surface area contributed by atoms with Gasteiger partial charge in [-0.25, -0.2) is 9.59 Å². The summed E-state index contributed by atoms with van der Waals surface area (Å²) in [5.41, 5.74) is 25.9. The van der Waals surface area contributed by atoms with Crippen molar-refractivity contribution < 1.29 is 59.3 Å². The van der Waals surface area contributed by atoms with Crippen LogP contribution in [0.4, 0.5) is 26.7 Å². The number of anilines is 3. The minimum Gasteiger partial charge on any atom is -0.508 e. The number of rotatable bonds is 10. The number of fused-ring (bicyclic) bond motifs is 2. The second-order valence-corrected chi connectivity index (χ2v) is 29.3. The van der Waals surface area contributed by atoms with Crippen molar-refractivity contribution >= 4 is 46.8 Å². The average molecular weight is 1590 g/mol. The van der Waals surface area contributed by atoms with E-state index in [4.69, 9.17) is 35.6 Å². The molecule has 0 spiro atoms. The predicted octanol–water partition coefficient (Wildman–Crippen LogP) is 19.7. The number of aromatic hydroxyl groups is 6. The first-order valence-electron chi connectivity index (χ1n) is 39.2. The second kappa shape index (κ2) is 44.6. The number of ether oxygens (including phenoxy) is 2. The van der Waals surface area contributed by atoms with Crippen molar-refractivity contribution in [1.29, 1.82) is 10.8 Å². The molecule has 1 saturated carbocycles. The molecule has 3 heterocycles. The third kappa shape index (κ3) is 26.8. The van der Waals surface area contributed by atoms with Crippen LogP contribution in [0.1, 0.15) is 146 Å². The predicted molar refractivity (Wildman–Crippen MR) is 454 cm³/mol. The Morgan fingerprint density at radius 1 is 0.398 bits per heavy atom. The SMILES string of the molecule is Cc1cc(C)cc(N)c1.Cc1cc(C)cc(NC(=O)OC2/C=C/CCCCC2)c1.Cc1cc(C)cc(NC(=O)OC2CCCCCC3C(c4ccc(O)cc4)=NN=C(c4ccc(O)cc4)C23)c1.N#N.O=C=O.Oc1ccc(-c2nnc(-c3ccc(O)cc3)c3c2CCCCCC3)cc1.Oc1ccc(-c2nnc(-c3ccc(O)cc3)nn2)cc1. The Hall–Kier alpha value is -14.0. The van der Waals surface area contributed by atoms with Crippen LogP contribution in [0.15, 0.2) is 223 Å². The molecule has 0 saturated heterocycles. The molecule has 608 valence electrons. The standard InChI is InChI=1S/C31H33N3O4.C22H22N2O2.C17H23NO2.C14H10N4O2.C8H11N.CO2.N2/c1-19-16-20(2)18-23(17-19)32-31(37)38-27-7-5-3-4-6-26-28(27)30(22-10-14-25(36)15-11-22)34-33-29(26)21-8-12-24(35)13-9-21;25-17-11-7-15(8-12-17)21-19-5-3-1-2-4-6-20(19)22(24-23-21)16-9-13-18(26)14-10-16;1-13-10-14(2)12-15(11-13)18-17(19)20-16-8-6-4-3-5-7-9-16;19-11-5-1-9(2-6-11)13-15-17-14(18-16-13)10-3-7-12(20)8-4-10;1-6-3-7(2)5-8(9)4-6;2-1-3;1-2/h8-18,26-28,35-36H,3-7H2,1-2H3,(H,32,37);7-14,25-26H,1-6H2;6,8,10-12,16H,3-5,7,9H2,1-2H3,(H,18,19);1-8,19-20H;3-5H,9H2,1-2H3;;/b;;8-6+;;;;. The van der Waals surface area contributed by atoms with E-state index in [0.29, 0.717) is 23.8 Å². The van der Waals surface area contributed by atoms with Gasteiger partial charge in [-0.3, -0.25) is 10.6 Å². The molecule has 4 aliphatic rings. The van der Waals surface area contributed by atoms with Gasteiger partial charge >= 0.3 is 18.3 Å². The van der Waals surface area contributed by atoms with E-state index in [2.05, 4.69) is 75.7 Å². The summed E-state index contributed by atoms with van der Waals surface area (Å²) in [7, 11) is 0. The zero-order valence-electron chi connectivity index (χ0n) is 67.0. The molecule has 3 aliphatic carbocycles. The lowest BCUT2D eigenvalue weighted by Crippen LogP contribution is -2.44. The van der Waals surface area contributed by atoms with E-state index in [9.17, 15) is 40.2 Å². The molecule has 25 nitrogen and oxygen atoms in total. The minimum atomic E-state index is -0.488. The molecule has 2 aromatic heterocycles. The first-order chi connectivity index (χ1) is 57.0. The summed E-state index contributed by atoms with van der Waals surface area (Å²) in [6, 6.07) is 59.2. The van der Waals surface area contributed by atoms with Crippen LogP contribution in [-0.2, 0) is 31.9 Å². The average Bonchev–Trinajstić information content (AvgIpc) is 0.780. The number of aryl methyl sites for hydroxylation is 6. The fraction of sp³-hybridized carbons (Fsp3) is 0.280. The number of phenols is 6. The van der Waals surface area contributed by atoms with Gasteiger partial charge in [-0.1, -0.05) is 56.4 Å². The largest absolute Gasteiger partial charge is 0.508 e. The zero-order valence-corrected chi connectivity index (χ0v) is 67.0. The number of aromatic nitrogens is 6. The number of nitrogen functional groups attached to an aromatic ring is 1. The summed E-state index contributed by atoms with van der Waals surface area (Å²) in [6.07, 6.45) is 19.9. The summed E-state index contributed by atoms with van der Waals surface area (Å²) in [4.78, 5) is 41.4. The van der Waals surface area contributed by atoms with E-state index in [-0.39, 0.29) is 64.7 Å². The smallest absolute Gasteiger partial charge is 0.412 e. The Bertz CT molecular complexity index is 5020. The fourth-order valence-electron chi connectivity index (χ4n) is 14.6. The maximum absolute atomic E-state index is 13.2. The van der Waals surface area contributed by atoms with Gasteiger partial charge in [0.25, 0.3) is 0 Å². The van der Waals surface area contributed by atoms with Crippen molar-refractivity contribution in [2.24, 2.45) is 22.0 Å². The number of benzene rings is 9. The monoisotopic (exact) mass is 1590 g/mol. The van der Waals surface area contributed by atoms with Gasteiger partial charge in [0.05, 0.1) is 22.8 Å². The molecule has 9 aromatic carbocycles. The maximum atomic E-state index is 13.2. The number of carbonyl (C=O) groups is 2.